The average Bonchev–Trinajstić information content (AvgIpc) is 2.73. The highest BCUT2D eigenvalue weighted by Crippen LogP contribution is 2.25. The highest BCUT2D eigenvalue weighted by molar-refractivity contribution is 7.16. The van der Waals surface area contributed by atoms with E-state index < -0.39 is 8.07 Å². The van der Waals surface area contributed by atoms with E-state index in [1.807, 2.05) is 0 Å². The standard InChI is InChI=1S/C30H34Si/c1-29(2,3)23-22-28(24-30(4,5)6)31(25-16-10-7-11-17-25,26-18-12-8-13-19-26)27-20-14-9-15-21-27/h7-21,24H,1-6H3/b28-24+. The lowest BCUT2D eigenvalue weighted by Crippen LogP contribution is -2.68. The van der Waals surface area contributed by atoms with Crippen LogP contribution in [-0.4, -0.2) is 8.07 Å². The molecule has 0 aliphatic heterocycles. The third kappa shape index (κ3) is 5.46. The summed E-state index contributed by atoms with van der Waals surface area (Å²) in [5.41, 5.74) is -0.0559. The molecule has 3 rings (SSSR count). The number of hydrogen-bond donors (Lipinski definition) is 0. The Morgan fingerprint density at radius 3 is 1.26 bits per heavy atom. The minimum absolute atomic E-state index is 0.0124. The molecule has 0 bridgehead atoms. The molecule has 0 nitrogen and oxygen atoms in total. The van der Waals surface area contributed by atoms with E-state index in [1.54, 1.807) is 0 Å². The second kappa shape index (κ2) is 9.12. The van der Waals surface area contributed by atoms with Crippen LogP contribution >= 0.6 is 0 Å². The van der Waals surface area contributed by atoms with Crippen LogP contribution in [0.4, 0.5) is 0 Å². The van der Waals surface area contributed by atoms with Crippen molar-refractivity contribution in [3.05, 3.63) is 102 Å². The van der Waals surface area contributed by atoms with Crippen molar-refractivity contribution in [1.82, 2.24) is 0 Å². The molecule has 0 aliphatic rings. The molecule has 0 aromatic heterocycles. The smallest absolute Gasteiger partial charge is 0.0927 e. The van der Waals surface area contributed by atoms with Crippen molar-refractivity contribution in [3.63, 3.8) is 0 Å². The molecule has 0 fully saturated rings. The largest absolute Gasteiger partial charge is 0.188 e. The predicted octanol–water partition coefficient (Wildman–Crippen LogP) is 5.72. The van der Waals surface area contributed by atoms with Crippen LogP contribution in [0.2, 0.25) is 0 Å². The Bertz CT molecular complexity index is 971. The SMILES string of the molecule is CC(C)(C)C#C/C(=C\C(C)(C)C)[Si](c1ccccc1)(c1ccccc1)c1ccccc1. The number of allylic oxidation sites excluding steroid dienone is 2. The number of hydrogen-bond acceptors (Lipinski definition) is 0. The van der Waals surface area contributed by atoms with Crippen LogP contribution in [0.25, 0.3) is 0 Å². The molecule has 3 aromatic carbocycles. The maximum atomic E-state index is 3.73. The molecule has 1 heteroatoms. The minimum atomic E-state index is -2.58. The Balaban J connectivity index is 2.51. The normalized spacial score (nSPS) is 12.8. The van der Waals surface area contributed by atoms with Gasteiger partial charge in [-0.15, -0.1) is 0 Å². The first-order valence-electron chi connectivity index (χ1n) is 11.1. The first kappa shape index (κ1) is 22.9. The third-order valence-corrected chi connectivity index (χ3v) is 9.85. The van der Waals surface area contributed by atoms with Gasteiger partial charge in [-0.05, 0) is 41.7 Å². The fraction of sp³-hybridized carbons (Fsp3) is 0.267. The summed E-state index contributed by atoms with van der Waals surface area (Å²) in [5, 5.41) is 5.36. The Hall–Kier alpha value is -2.82. The Kier molecular flexibility index (Phi) is 6.73. The van der Waals surface area contributed by atoms with E-state index in [9.17, 15) is 0 Å². The van der Waals surface area contributed by atoms with Gasteiger partial charge in [0.25, 0.3) is 0 Å². The maximum Gasteiger partial charge on any atom is 0.188 e. The molecule has 0 aliphatic carbocycles. The van der Waals surface area contributed by atoms with Crippen LogP contribution in [-0.2, 0) is 0 Å². The first-order chi connectivity index (χ1) is 14.6. The maximum absolute atomic E-state index is 3.73. The molecule has 0 saturated carbocycles. The Labute approximate surface area is 190 Å². The lowest BCUT2D eigenvalue weighted by Gasteiger charge is -2.35. The van der Waals surface area contributed by atoms with Gasteiger partial charge in [-0.2, -0.15) is 0 Å². The predicted molar refractivity (Wildman–Crippen MR) is 139 cm³/mol. The molecule has 0 atom stereocenters. The van der Waals surface area contributed by atoms with Gasteiger partial charge < -0.3 is 0 Å². The van der Waals surface area contributed by atoms with Gasteiger partial charge in [0.1, 0.15) is 0 Å². The van der Waals surface area contributed by atoms with Crippen molar-refractivity contribution in [2.75, 3.05) is 0 Å². The van der Waals surface area contributed by atoms with E-state index in [-0.39, 0.29) is 10.8 Å². The summed E-state index contributed by atoms with van der Waals surface area (Å²) in [5.74, 6) is 7.30. The van der Waals surface area contributed by atoms with Gasteiger partial charge in [0.2, 0.25) is 0 Å². The second-order valence-electron chi connectivity index (χ2n) is 10.3. The quantitative estimate of drug-likeness (QED) is 0.287. The molecule has 31 heavy (non-hydrogen) atoms. The third-order valence-electron chi connectivity index (χ3n) is 5.17. The van der Waals surface area contributed by atoms with Crippen LogP contribution < -0.4 is 15.6 Å². The molecule has 3 aromatic rings. The van der Waals surface area contributed by atoms with Crippen molar-refractivity contribution < 1.29 is 0 Å². The number of benzene rings is 3. The summed E-state index contributed by atoms with van der Waals surface area (Å²) >= 11 is 0. The molecule has 158 valence electrons. The summed E-state index contributed by atoms with van der Waals surface area (Å²) in [4.78, 5) is 0. The fourth-order valence-electron chi connectivity index (χ4n) is 3.96. The number of rotatable bonds is 4. The van der Waals surface area contributed by atoms with E-state index in [2.05, 4.69) is 150 Å². The Morgan fingerprint density at radius 2 is 0.968 bits per heavy atom. The lowest BCUT2D eigenvalue weighted by atomic mass is 9.95. The highest BCUT2D eigenvalue weighted by atomic mass is 28.3. The lowest BCUT2D eigenvalue weighted by molar-refractivity contribution is 0.543. The van der Waals surface area contributed by atoms with Crippen molar-refractivity contribution in [1.29, 1.82) is 0 Å². The average molecular weight is 423 g/mol. The summed E-state index contributed by atoms with van der Waals surface area (Å²) in [6, 6.07) is 33.0. The molecule has 0 spiro atoms. The van der Waals surface area contributed by atoms with E-state index in [1.165, 1.54) is 20.8 Å². The molecule has 0 saturated heterocycles. The molecular formula is C30H34Si. The van der Waals surface area contributed by atoms with E-state index in [4.69, 9.17) is 0 Å². The van der Waals surface area contributed by atoms with Gasteiger partial charge in [-0.3, -0.25) is 0 Å². The van der Waals surface area contributed by atoms with Gasteiger partial charge in [0.15, 0.2) is 8.07 Å². The van der Waals surface area contributed by atoms with E-state index in [0.717, 1.165) is 0 Å². The summed E-state index contributed by atoms with van der Waals surface area (Å²) in [6.45, 7) is 13.4. The van der Waals surface area contributed by atoms with Crippen LogP contribution in [0, 0.1) is 22.7 Å². The van der Waals surface area contributed by atoms with Gasteiger partial charge in [-0.25, -0.2) is 0 Å². The van der Waals surface area contributed by atoms with Gasteiger partial charge in [0, 0.05) is 10.6 Å². The molecule has 0 N–H and O–H groups in total. The zero-order valence-electron chi connectivity index (χ0n) is 19.7. The fourth-order valence-corrected chi connectivity index (χ4v) is 8.87. The zero-order chi connectivity index (χ0) is 22.5. The Morgan fingerprint density at radius 1 is 0.613 bits per heavy atom. The van der Waals surface area contributed by atoms with Crippen LogP contribution in [0.3, 0.4) is 0 Å². The van der Waals surface area contributed by atoms with Crippen LogP contribution in [0.15, 0.2) is 102 Å². The van der Waals surface area contributed by atoms with E-state index >= 15 is 0 Å². The summed E-state index contributed by atoms with van der Waals surface area (Å²) in [7, 11) is -2.58. The van der Waals surface area contributed by atoms with Crippen LogP contribution in [0.5, 0.6) is 0 Å². The van der Waals surface area contributed by atoms with Crippen molar-refractivity contribution >= 4 is 23.6 Å². The van der Waals surface area contributed by atoms with Crippen molar-refractivity contribution in [2.45, 2.75) is 41.5 Å². The highest BCUT2D eigenvalue weighted by Gasteiger charge is 2.43. The topological polar surface area (TPSA) is 0 Å². The van der Waals surface area contributed by atoms with E-state index in [0.29, 0.717) is 0 Å². The molecule has 0 unspecified atom stereocenters. The molecule has 0 radical (unpaired) electrons. The second-order valence-corrected chi connectivity index (χ2v) is 14.0. The monoisotopic (exact) mass is 422 g/mol. The zero-order valence-corrected chi connectivity index (χ0v) is 20.7. The molecule has 0 amide bonds. The minimum Gasteiger partial charge on any atom is -0.0927 e. The summed E-state index contributed by atoms with van der Waals surface area (Å²) < 4.78 is 0. The molecule has 0 heterocycles. The van der Waals surface area contributed by atoms with Gasteiger partial charge in [-0.1, -0.05) is 130 Å². The van der Waals surface area contributed by atoms with Crippen molar-refractivity contribution in [3.8, 4) is 11.8 Å². The van der Waals surface area contributed by atoms with Gasteiger partial charge >= 0.3 is 0 Å². The van der Waals surface area contributed by atoms with Gasteiger partial charge in [0.05, 0.1) is 0 Å². The summed E-state index contributed by atoms with van der Waals surface area (Å²) in [6.07, 6.45) is 2.42. The molecular weight excluding hydrogens is 388 g/mol. The van der Waals surface area contributed by atoms with Crippen LogP contribution in [0.1, 0.15) is 41.5 Å². The van der Waals surface area contributed by atoms with Crippen molar-refractivity contribution in [2.24, 2.45) is 10.8 Å². The first-order valence-corrected chi connectivity index (χ1v) is 13.1.